The summed E-state index contributed by atoms with van der Waals surface area (Å²) < 4.78 is 1.60. The third kappa shape index (κ3) is 2.35. The summed E-state index contributed by atoms with van der Waals surface area (Å²) >= 11 is 0. The van der Waals surface area contributed by atoms with E-state index >= 15 is 0 Å². The smallest absolute Gasteiger partial charge is 0.257 e. The van der Waals surface area contributed by atoms with E-state index in [9.17, 15) is 9.59 Å². The average Bonchev–Trinajstić information content (AvgIpc) is 2.87. The van der Waals surface area contributed by atoms with E-state index in [2.05, 4.69) is 9.88 Å². The largest absolute Gasteiger partial charge is 0.339 e. The van der Waals surface area contributed by atoms with Gasteiger partial charge in [0.05, 0.1) is 17.3 Å². The summed E-state index contributed by atoms with van der Waals surface area (Å²) in [5, 5.41) is 0. The molecular weight excluding hydrogens is 280 g/mol. The van der Waals surface area contributed by atoms with E-state index in [1.807, 2.05) is 25.7 Å². The molecule has 2 aliphatic heterocycles. The number of aryl methyl sites for hydroxylation is 1. The Labute approximate surface area is 130 Å². The highest BCUT2D eigenvalue weighted by Gasteiger charge is 2.38. The summed E-state index contributed by atoms with van der Waals surface area (Å²) in [6, 6.07) is 0.160. The van der Waals surface area contributed by atoms with Crippen LogP contribution in [0.2, 0.25) is 0 Å². The number of hydrogen-bond donors (Lipinski definition) is 0. The van der Waals surface area contributed by atoms with Crippen LogP contribution in [0.15, 0.2) is 4.79 Å². The topological polar surface area (TPSA) is 58.4 Å². The van der Waals surface area contributed by atoms with Crippen LogP contribution in [0.4, 0.5) is 0 Å². The fraction of sp³-hybridized carbons (Fsp3) is 0.688. The molecule has 0 bridgehead atoms. The van der Waals surface area contributed by atoms with Crippen LogP contribution >= 0.6 is 0 Å². The number of likely N-dealkylation sites (tertiary alicyclic amines) is 1. The van der Waals surface area contributed by atoms with E-state index in [-0.39, 0.29) is 23.6 Å². The maximum Gasteiger partial charge on any atom is 0.257 e. The molecule has 6 nitrogen and oxygen atoms in total. The quantitative estimate of drug-likeness (QED) is 0.796. The normalized spacial score (nSPS) is 22.5. The first kappa shape index (κ1) is 15.2. The fourth-order valence-corrected chi connectivity index (χ4v) is 3.51. The minimum Gasteiger partial charge on any atom is -0.339 e. The Morgan fingerprint density at radius 3 is 2.59 bits per heavy atom. The van der Waals surface area contributed by atoms with Gasteiger partial charge in [0.2, 0.25) is 5.91 Å². The molecule has 1 fully saturated rings. The first-order valence-corrected chi connectivity index (χ1v) is 8.00. The van der Waals surface area contributed by atoms with E-state index in [0.717, 1.165) is 43.0 Å². The lowest BCUT2D eigenvalue weighted by molar-refractivity contribution is -0.133. The Morgan fingerprint density at radius 2 is 1.95 bits per heavy atom. The van der Waals surface area contributed by atoms with Crippen LogP contribution in [0.3, 0.4) is 0 Å². The molecule has 0 spiro atoms. The SMILES string of the molecule is Cc1nc2c(c(=O)n1C)CN(C1CCN(C(C)C)C1=O)CC2. The summed E-state index contributed by atoms with van der Waals surface area (Å²) in [4.78, 5) is 33.6. The number of hydrogen-bond acceptors (Lipinski definition) is 4. The molecule has 3 rings (SSSR count). The summed E-state index contributed by atoms with van der Waals surface area (Å²) in [5.74, 6) is 0.954. The fourth-order valence-electron chi connectivity index (χ4n) is 3.51. The maximum atomic E-state index is 12.5. The number of carbonyl (C=O) groups excluding carboxylic acids is 1. The van der Waals surface area contributed by atoms with Gasteiger partial charge in [-0.1, -0.05) is 0 Å². The van der Waals surface area contributed by atoms with Gasteiger partial charge in [-0.25, -0.2) is 4.98 Å². The molecule has 0 aliphatic carbocycles. The number of fused-ring (bicyclic) bond motifs is 1. The van der Waals surface area contributed by atoms with Crippen LogP contribution in [0.25, 0.3) is 0 Å². The molecule has 2 aliphatic rings. The molecule has 0 saturated carbocycles. The van der Waals surface area contributed by atoms with Crippen LogP contribution < -0.4 is 5.56 Å². The van der Waals surface area contributed by atoms with Gasteiger partial charge in [-0.2, -0.15) is 0 Å². The monoisotopic (exact) mass is 304 g/mol. The molecule has 1 amide bonds. The van der Waals surface area contributed by atoms with Gasteiger partial charge in [-0.05, 0) is 27.2 Å². The lowest BCUT2D eigenvalue weighted by Gasteiger charge is -2.32. The maximum absolute atomic E-state index is 12.5. The highest BCUT2D eigenvalue weighted by atomic mass is 16.2. The Balaban J connectivity index is 1.85. The Bertz CT molecular complexity index is 665. The zero-order chi connectivity index (χ0) is 16.0. The van der Waals surface area contributed by atoms with Crippen LogP contribution in [-0.2, 0) is 24.8 Å². The van der Waals surface area contributed by atoms with Gasteiger partial charge >= 0.3 is 0 Å². The van der Waals surface area contributed by atoms with E-state index in [1.54, 1.807) is 11.6 Å². The van der Waals surface area contributed by atoms with Crippen molar-refractivity contribution >= 4 is 5.91 Å². The summed E-state index contributed by atoms with van der Waals surface area (Å²) in [7, 11) is 1.76. The van der Waals surface area contributed by atoms with E-state index < -0.39 is 0 Å². The van der Waals surface area contributed by atoms with Gasteiger partial charge in [0, 0.05) is 39.1 Å². The summed E-state index contributed by atoms with van der Waals surface area (Å²) in [6.45, 7) is 8.11. The van der Waals surface area contributed by atoms with Gasteiger partial charge in [-0.3, -0.25) is 19.1 Å². The second kappa shape index (κ2) is 5.50. The van der Waals surface area contributed by atoms with Gasteiger partial charge in [0.1, 0.15) is 5.82 Å². The molecule has 1 aromatic heterocycles. The number of nitrogens with zero attached hydrogens (tertiary/aromatic N) is 4. The molecule has 0 N–H and O–H groups in total. The zero-order valence-electron chi connectivity index (χ0n) is 13.8. The second-order valence-electron chi connectivity index (χ2n) is 6.60. The van der Waals surface area contributed by atoms with Crippen molar-refractivity contribution in [2.45, 2.75) is 52.2 Å². The first-order valence-electron chi connectivity index (χ1n) is 8.00. The lowest BCUT2D eigenvalue weighted by atomic mass is 10.0. The zero-order valence-corrected chi connectivity index (χ0v) is 13.8. The van der Waals surface area contributed by atoms with Crippen LogP contribution in [0, 0.1) is 6.92 Å². The Kier molecular flexibility index (Phi) is 3.80. The van der Waals surface area contributed by atoms with Crippen molar-refractivity contribution in [1.29, 1.82) is 0 Å². The van der Waals surface area contributed by atoms with Crippen LogP contribution in [-0.4, -0.2) is 50.4 Å². The molecular formula is C16H24N4O2. The van der Waals surface area contributed by atoms with Crippen molar-refractivity contribution in [1.82, 2.24) is 19.4 Å². The number of carbonyl (C=O) groups is 1. The van der Waals surface area contributed by atoms with E-state index in [4.69, 9.17) is 0 Å². The molecule has 1 atom stereocenters. The lowest BCUT2D eigenvalue weighted by Crippen LogP contribution is -2.47. The molecule has 1 saturated heterocycles. The average molecular weight is 304 g/mol. The molecule has 22 heavy (non-hydrogen) atoms. The van der Waals surface area contributed by atoms with Crippen LogP contribution in [0.5, 0.6) is 0 Å². The number of rotatable bonds is 2. The van der Waals surface area contributed by atoms with Gasteiger partial charge < -0.3 is 4.90 Å². The molecule has 3 heterocycles. The third-order valence-electron chi connectivity index (χ3n) is 4.97. The van der Waals surface area contributed by atoms with Gasteiger partial charge in [0.15, 0.2) is 0 Å². The van der Waals surface area contributed by atoms with E-state index in [0.29, 0.717) is 6.54 Å². The molecule has 1 unspecified atom stereocenters. The van der Waals surface area contributed by atoms with Crippen molar-refractivity contribution in [3.8, 4) is 0 Å². The van der Waals surface area contributed by atoms with Gasteiger partial charge in [-0.15, -0.1) is 0 Å². The highest BCUT2D eigenvalue weighted by Crippen LogP contribution is 2.24. The Morgan fingerprint density at radius 1 is 1.23 bits per heavy atom. The van der Waals surface area contributed by atoms with Crippen molar-refractivity contribution in [3.63, 3.8) is 0 Å². The molecule has 6 heteroatoms. The van der Waals surface area contributed by atoms with Crippen molar-refractivity contribution in [2.24, 2.45) is 7.05 Å². The minimum atomic E-state index is -0.0819. The number of aromatic nitrogens is 2. The molecule has 0 aromatic carbocycles. The summed E-state index contributed by atoms with van der Waals surface area (Å²) in [5.41, 5.74) is 1.69. The van der Waals surface area contributed by atoms with E-state index in [1.165, 1.54) is 0 Å². The summed E-state index contributed by atoms with van der Waals surface area (Å²) in [6.07, 6.45) is 1.60. The number of amides is 1. The third-order valence-corrected chi connectivity index (χ3v) is 4.97. The van der Waals surface area contributed by atoms with Gasteiger partial charge in [0.25, 0.3) is 5.56 Å². The van der Waals surface area contributed by atoms with Crippen molar-refractivity contribution in [3.05, 3.63) is 27.4 Å². The predicted octanol–water partition coefficient (Wildman–Crippen LogP) is 0.456. The Hall–Kier alpha value is -1.69. The van der Waals surface area contributed by atoms with Crippen LogP contribution in [0.1, 0.15) is 37.4 Å². The molecule has 1 aromatic rings. The minimum absolute atomic E-state index is 0.0263. The van der Waals surface area contributed by atoms with Crippen molar-refractivity contribution in [2.75, 3.05) is 13.1 Å². The molecule has 120 valence electrons. The molecule has 0 radical (unpaired) electrons. The highest BCUT2D eigenvalue weighted by molar-refractivity contribution is 5.84. The van der Waals surface area contributed by atoms with Crippen molar-refractivity contribution < 1.29 is 4.79 Å². The first-order chi connectivity index (χ1) is 10.4. The standard InChI is InChI=1S/C16H24N4O2/c1-10(2)20-8-6-14(16(20)22)19-7-5-13-12(9-19)15(21)18(4)11(3)17-13/h10,14H,5-9H2,1-4H3. The second-order valence-corrected chi connectivity index (χ2v) is 6.60. The predicted molar refractivity (Wildman–Crippen MR) is 83.6 cm³/mol.